The zero-order valence-corrected chi connectivity index (χ0v) is 12.2. The number of aromatic nitrogens is 2. The summed E-state index contributed by atoms with van der Waals surface area (Å²) in [6.45, 7) is 6.31. The molecule has 0 radical (unpaired) electrons. The van der Waals surface area contributed by atoms with Crippen LogP contribution in [0.1, 0.15) is 25.2 Å². The summed E-state index contributed by atoms with van der Waals surface area (Å²) in [5.74, 6) is -0.747. The van der Waals surface area contributed by atoms with E-state index in [-0.39, 0.29) is 11.6 Å². The Morgan fingerprint density at radius 1 is 1.19 bits per heavy atom. The molecule has 0 bridgehead atoms. The van der Waals surface area contributed by atoms with Crippen molar-refractivity contribution in [2.75, 3.05) is 11.9 Å². The molecule has 0 aliphatic carbocycles. The van der Waals surface area contributed by atoms with Crippen LogP contribution >= 0.6 is 0 Å². The molecular formula is C15H17F2N3O. The zero-order chi connectivity index (χ0) is 15.4. The number of nitrogens with zero attached hydrogens (tertiary/aromatic N) is 2. The van der Waals surface area contributed by atoms with E-state index < -0.39 is 11.6 Å². The van der Waals surface area contributed by atoms with Crippen LogP contribution in [0.3, 0.4) is 0 Å². The number of hydrogen-bond acceptors (Lipinski definition) is 4. The number of anilines is 1. The van der Waals surface area contributed by atoms with Crippen LogP contribution in [0.15, 0.2) is 18.2 Å². The van der Waals surface area contributed by atoms with Gasteiger partial charge in [0.2, 0.25) is 11.7 Å². The third-order valence-corrected chi connectivity index (χ3v) is 2.93. The summed E-state index contributed by atoms with van der Waals surface area (Å²) in [5.41, 5.74) is 0.651. The maximum absolute atomic E-state index is 13.7. The van der Waals surface area contributed by atoms with Gasteiger partial charge in [-0.2, -0.15) is 9.37 Å². The first-order chi connectivity index (χ1) is 10.1. The van der Waals surface area contributed by atoms with Crippen molar-refractivity contribution in [1.82, 2.24) is 9.97 Å². The number of halogens is 2. The third kappa shape index (κ3) is 3.26. The van der Waals surface area contributed by atoms with E-state index in [9.17, 15) is 8.78 Å². The van der Waals surface area contributed by atoms with Crippen molar-refractivity contribution >= 4 is 5.82 Å². The van der Waals surface area contributed by atoms with Gasteiger partial charge in [-0.3, -0.25) is 0 Å². The van der Waals surface area contributed by atoms with Crippen molar-refractivity contribution in [1.29, 1.82) is 0 Å². The van der Waals surface area contributed by atoms with E-state index in [1.165, 1.54) is 12.1 Å². The molecule has 112 valence electrons. The zero-order valence-electron chi connectivity index (χ0n) is 12.2. The second-order valence-corrected chi connectivity index (χ2v) is 4.46. The van der Waals surface area contributed by atoms with Gasteiger partial charge >= 0.3 is 0 Å². The monoisotopic (exact) mass is 293 g/mol. The predicted octanol–water partition coefficient (Wildman–Crippen LogP) is 3.85. The molecule has 0 spiro atoms. The van der Waals surface area contributed by atoms with Gasteiger partial charge in [-0.05, 0) is 26.0 Å². The highest BCUT2D eigenvalue weighted by molar-refractivity contribution is 5.49. The van der Waals surface area contributed by atoms with Gasteiger partial charge in [0.15, 0.2) is 11.6 Å². The van der Waals surface area contributed by atoms with E-state index in [4.69, 9.17) is 4.74 Å². The molecule has 2 aromatic rings. The quantitative estimate of drug-likeness (QED) is 0.909. The topological polar surface area (TPSA) is 47.0 Å². The molecule has 2 rings (SSSR count). The van der Waals surface area contributed by atoms with E-state index in [1.807, 2.05) is 13.8 Å². The van der Waals surface area contributed by atoms with Crippen LogP contribution in [0.4, 0.5) is 14.6 Å². The van der Waals surface area contributed by atoms with Crippen molar-refractivity contribution in [2.45, 2.75) is 27.2 Å². The lowest BCUT2D eigenvalue weighted by Crippen LogP contribution is -2.07. The summed E-state index contributed by atoms with van der Waals surface area (Å²) in [6, 6.07) is 3.78. The molecule has 1 aromatic carbocycles. The number of rotatable bonds is 5. The molecule has 6 heteroatoms. The Labute approximate surface area is 122 Å². The van der Waals surface area contributed by atoms with E-state index in [0.29, 0.717) is 30.2 Å². The summed E-state index contributed by atoms with van der Waals surface area (Å²) < 4.78 is 32.4. The van der Waals surface area contributed by atoms with Crippen LogP contribution in [0.25, 0.3) is 0 Å². The Balaban J connectivity index is 2.43. The largest absolute Gasteiger partial charge is 0.435 e. The summed E-state index contributed by atoms with van der Waals surface area (Å²) in [5, 5.41) is 3.10. The molecule has 1 aromatic heterocycles. The summed E-state index contributed by atoms with van der Waals surface area (Å²) >= 11 is 0. The lowest BCUT2D eigenvalue weighted by Gasteiger charge is -2.13. The highest BCUT2D eigenvalue weighted by Crippen LogP contribution is 2.29. The van der Waals surface area contributed by atoms with E-state index in [1.54, 1.807) is 6.92 Å². The molecular weight excluding hydrogens is 276 g/mol. The maximum atomic E-state index is 13.7. The number of ether oxygens (including phenoxy) is 1. The number of hydrogen-bond donors (Lipinski definition) is 1. The number of aryl methyl sites for hydroxylation is 1. The van der Waals surface area contributed by atoms with Crippen LogP contribution in [0, 0.1) is 18.6 Å². The molecule has 0 aliphatic rings. The highest BCUT2D eigenvalue weighted by Gasteiger charge is 2.15. The second kappa shape index (κ2) is 6.47. The molecule has 0 atom stereocenters. The Kier molecular flexibility index (Phi) is 4.67. The Morgan fingerprint density at radius 2 is 1.95 bits per heavy atom. The molecule has 21 heavy (non-hydrogen) atoms. The molecule has 1 N–H and O–H groups in total. The fourth-order valence-electron chi connectivity index (χ4n) is 1.80. The maximum Gasteiger partial charge on any atom is 0.227 e. The molecule has 0 amide bonds. The molecule has 0 saturated heterocycles. The summed E-state index contributed by atoms with van der Waals surface area (Å²) in [7, 11) is 0. The Bertz CT molecular complexity index is 647. The summed E-state index contributed by atoms with van der Waals surface area (Å²) in [6.07, 6.45) is 0.612. The van der Waals surface area contributed by atoms with Gasteiger partial charge in [0.1, 0.15) is 11.6 Å². The minimum atomic E-state index is -1.03. The lowest BCUT2D eigenvalue weighted by molar-refractivity contribution is 0.401. The van der Waals surface area contributed by atoms with Gasteiger partial charge < -0.3 is 10.1 Å². The fourth-order valence-corrected chi connectivity index (χ4v) is 1.80. The average molecular weight is 293 g/mol. The molecule has 0 unspecified atom stereocenters. The van der Waals surface area contributed by atoms with Crippen molar-refractivity contribution < 1.29 is 13.5 Å². The minimum Gasteiger partial charge on any atom is -0.435 e. The first kappa shape index (κ1) is 15.2. The van der Waals surface area contributed by atoms with Gasteiger partial charge in [0.25, 0.3) is 0 Å². The van der Waals surface area contributed by atoms with Gasteiger partial charge in [0, 0.05) is 13.0 Å². The third-order valence-electron chi connectivity index (χ3n) is 2.93. The minimum absolute atomic E-state index is 0.193. The van der Waals surface area contributed by atoms with E-state index in [0.717, 1.165) is 6.07 Å². The molecule has 0 fully saturated rings. The SMILES string of the molecule is CCNc1nc(CC)nc(Oc2cccc(F)c2F)c1C. The van der Waals surface area contributed by atoms with Crippen LogP contribution in [0.2, 0.25) is 0 Å². The highest BCUT2D eigenvalue weighted by atomic mass is 19.2. The molecule has 1 heterocycles. The van der Waals surface area contributed by atoms with Crippen molar-refractivity contribution in [3.05, 3.63) is 41.2 Å². The summed E-state index contributed by atoms with van der Waals surface area (Å²) in [4.78, 5) is 8.59. The fraction of sp³-hybridized carbons (Fsp3) is 0.333. The Hall–Kier alpha value is -2.24. The van der Waals surface area contributed by atoms with Gasteiger partial charge in [0.05, 0.1) is 5.56 Å². The average Bonchev–Trinajstić information content (AvgIpc) is 2.48. The van der Waals surface area contributed by atoms with Gasteiger partial charge in [-0.15, -0.1) is 0 Å². The van der Waals surface area contributed by atoms with Crippen LogP contribution in [-0.4, -0.2) is 16.5 Å². The lowest BCUT2D eigenvalue weighted by atomic mass is 10.3. The van der Waals surface area contributed by atoms with Crippen molar-refractivity contribution in [3.8, 4) is 11.6 Å². The normalized spacial score (nSPS) is 10.5. The molecule has 0 saturated carbocycles. The van der Waals surface area contributed by atoms with E-state index >= 15 is 0 Å². The first-order valence-electron chi connectivity index (χ1n) is 6.80. The number of benzene rings is 1. The molecule has 4 nitrogen and oxygen atoms in total. The van der Waals surface area contributed by atoms with Crippen molar-refractivity contribution in [2.24, 2.45) is 0 Å². The van der Waals surface area contributed by atoms with Crippen LogP contribution < -0.4 is 10.1 Å². The Morgan fingerprint density at radius 3 is 2.62 bits per heavy atom. The van der Waals surface area contributed by atoms with Crippen LogP contribution in [-0.2, 0) is 6.42 Å². The molecule has 0 aliphatic heterocycles. The van der Waals surface area contributed by atoms with Gasteiger partial charge in [-0.1, -0.05) is 13.0 Å². The van der Waals surface area contributed by atoms with Crippen LogP contribution in [0.5, 0.6) is 11.6 Å². The van der Waals surface area contributed by atoms with Crippen molar-refractivity contribution in [3.63, 3.8) is 0 Å². The van der Waals surface area contributed by atoms with E-state index in [2.05, 4.69) is 15.3 Å². The standard InChI is InChI=1S/C15H17F2N3O/c1-4-12-19-14(18-5-2)9(3)15(20-12)21-11-8-6-7-10(16)13(11)17/h6-8H,4-5H2,1-3H3,(H,18,19,20). The predicted molar refractivity (Wildman–Crippen MR) is 76.7 cm³/mol. The number of nitrogens with one attached hydrogen (secondary N) is 1. The second-order valence-electron chi connectivity index (χ2n) is 4.46. The first-order valence-corrected chi connectivity index (χ1v) is 6.80. The smallest absolute Gasteiger partial charge is 0.227 e. The van der Waals surface area contributed by atoms with Gasteiger partial charge in [-0.25, -0.2) is 9.37 Å².